The Morgan fingerprint density at radius 3 is 2.78 bits per heavy atom. The Balaban J connectivity index is 2.53. The Hall–Kier alpha value is -1.41. The normalized spacial score (nSPS) is 13.4. The molecule has 0 amide bonds. The van der Waals surface area contributed by atoms with E-state index in [1.165, 1.54) is 6.20 Å². The van der Waals surface area contributed by atoms with E-state index < -0.39 is 16.0 Å². The molecule has 18 heavy (non-hydrogen) atoms. The Kier molecular flexibility index (Phi) is 4.85. The summed E-state index contributed by atoms with van der Waals surface area (Å²) in [5, 5.41) is 14.7. The molecular formula is C10H17N3O4S. The summed E-state index contributed by atoms with van der Waals surface area (Å²) in [6.07, 6.45) is 1.72. The minimum atomic E-state index is -3.57. The van der Waals surface area contributed by atoms with Gasteiger partial charge >= 0.3 is 5.97 Å². The monoisotopic (exact) mass is 275 g/mol. The van der Waals surface area contributed by atoms with Crippen molar-refractivity contribution in [1.29, 1.82) is 0 Å². The van der Waals surface area contributed by atoms with Gasteiger partial charge in [0.05, 0.1) is 11.9 Å². The number of aryl methyl sites for hydroxylation is 1. The van der Waals surface area contributed by atoms with E-state index in [1.54, 1.807) is 13.8 Å². The third kappa shape index (κ3) is 4.11. The summed E-state index contributed by atoms with van der Waals surface area (Å²) >= 11 is 0. The molecule has 0 aliphatic heterocycles. The second-order valence-corrected chi connectivity index (χ2v) is 5.98. The van der Waals surface area contributed by atoms with Crippen molar-refractivity contribution in [2.75, 3.05) is 6.54 Å². The van der Waals surface area contributed by atoms with Crippen LogP contribution in [0.2, 0.25) is 0 Å². The molecule has 1 rings (SSSR count). The number of nitrogens with one attached hydrogen (secondary N) is 2. The van der Waals surface area contributed by atoms with Gasteiger partial charge in [0.15, 0.2) is 0 Å². The molecule has 0 radical (unpaired) electrons. The minimum Gasteiger partial charge on any atom is -0.481 e. The van der Waals surface area contributed by atoms with Crippen LogP contribution in [0.5, 0.6) is 0 Å². The molecule has 0 fully saturated rings. The summed E-state index contributed by atoms with van der Waals surface area (Å²) in [7, 11) is -3.57. The van der Waals surface area contributed by atoms with Crippen LogP contribution < -0.4 is 4.72 Å². The van der Waals surface area contributed by atoms with E-state index in [0.717, 1.165) is 0 Å². The summed E-state index contributed by atoms with van der Waals surface area (Å²) in [4.78, 5) is 10.5. The van der Waals surface area contributed by atoms with Crippen molar-refractivity contribution in [3.8, 4) is 0 Å². The highest BCUT2D eigenvalue weighted by molar-refractivity contribution is 7.89. The number of aromatic amines is 1. The third-order valence-electron chi connectivity index (χ3n) is 2.55. The molecule has 8 heteroatoms. The largest absolute Gasteiger partial charge is 0.481 e. The Labute approximate surface area is 106 Å². The first-order valence-electron chi connectivity index (χ1n) is 5.54. The van der Waals surface area contributed by atoms with Gasteiger partial charge in [-0.3, -0.25) is 9.89 Å². The molecule has 0 saturated carbocycles. The number of nitrogens with zero attached hydrogens (tertiary/aromatic N) is 1. The number of carbonyl (C=O) groups is 1. The van der Waals surface area contributed by atoms with Crippen molar-refractivity contribution in [3.63, 3.8) is 0 Å². The number of carboxylic acids is 1. The Morgan fingerprint density at radius 1 is 1.61 bits per heavy atom. The maximum Gasteiger partial charge on any atom is 0.303 e. The summed E-state index contributed by atoms with van der Waals surface area (Å²) in [6.45, 7) is 3.63. The molecule has 0 aliphatic carbocycles. The molecule has 0 spiro atoms. The van der Waals surface area contributed by atoms with Crippen LogP contribution in [0.3, 0.4) is 0 Å². The maximum absolute atomic E-state index is 11.9. The zero-order chi connectivity index (χ0) is 13.8. The van der Waals surface area contributed by atoms with Crippen molar-refractivity contribution in [2.24, 2.45) is 5.92 Å². The van der Waals surface area contributed by atoms with Crippen molar-refractivity contribution in [1.82, 2.24) is 14.9 Å². The van der Waals surface area contributed by atoms with Gasteiger partial charge in [-0.05, 0) is 19.3 Å². The lowest BCUT2D eigenvalue weighted by Crippen LogP contribution is -2.28. The molecular weight excluding hydrogens is 258 g/mol. The molecule has 1 heterocycles. The van der Waals surface area contributed by atoms with E-state index in [9.17, 15) is 13.2 Å². The van der Waals surface area contributed by atoms with E-state index in [0.29, 0.717) is 12.1 Å². The highest BCUT2D eigenvalue weighted by atomic mass is 32.2. The van der Waals surface area contributed by atoms with Gasteiger partial charge < -0.3 is 5.11 Å². The SMILES string of the molecule is Cc1[nH]ncc1S(=O)(=O)NCC(C)CCC(=O)O. The van der Waals surface area contributed by atoms with Gasteiger partial charge in [-0.1, -0.05) is 6.92 Å². The van der Waals surface area contributed by atoms with Crippen LogP contribution in [-0.4, -0.2) is 36.2 Å². The highest BCUT2D eigenvalue weighted by Crippen LogP contribution is 2.12. The number of hydrogen-bond donors (Lipinski definition) is 3. The number of hydrogen-bond acceptors (Lipinski definition) is 4. The Morgan fingerprint density at radius 2 is 2.28 bits per heavy atom. The fourth-order valence-corrected chi connectivity index (χ4v) is 2.71. The van der Waals surface area contributed by atoms with Crippen molar-refractivity contribution < 1.29 is 18.3 Å². The Bertz CT molecular complexity index is 509. The van der Waals surface area contributed by atoms with Crippen LogP contribution in [0.25, 0.3) is 0 Å². The molecule has 102 valence electrons. The number of rotatable bonds is 7. The maximum atomic E-state index is 11.9. The molecule has 0 aromatic carbocycles. The first-order valence-corrected chi connectivity index (χ1v) is 7.02. The summed E-state index contributed by atoms with van der Waals surface area (Å²) in [6, 6.07) is 0. The predicted octanol–water partition coefficient (Wildman–Crippen LogP) is 0.497. The van der Waals surface area contributed by atoms with Crippen LogP contribution in [0.15, 0.2) is 11.1 Å². The molecule has 0 bridgehead atoms. The summed E-state index contributed by atoms with van der Waals surface area (Å²) in [5.41, 5.74) is 0.473. The van der Waals surface area contributed by atoms with E-state index >= 15 is 0 Å². The third-order valence-corrected chi connectivity index (χ3v) is 4.08. The smallest absolute Gasteiger partial charge is 0.303 e. The topological polar surface area (TPSA) is 112 Å². The van der Waals surface area contributed by atoms with Crippen LogP contribution in [0, 0.1) is 12.8 Å². The van der Waals surface area contributed by atoms with E-state index in [-0.39, 0.29) is 23.8 Å². The summed E-state index contributed by atoms with van der Waals surface area (Å²) < 4.78 is 26.2. The molecule has 3 N–H and O–H groups in total. The van der Waals surface area contributed by atoms with Gasteiger partial charge in [0.25, 0.3) is 0 Å². The number of H-pyrrole nitrogens is 1. The van der Waals surface area contributed by atoms with E-state index in [1.807, 2.05) is 0 Å². The average Bonchev–Trinajstić information content (AvgIpc) is 2.71. The number of sulfonamides is 1. The van der Waals surface area contributed by atoms with Gasteiger partial charge in [0, 0.05) is 13.0 Å². The van der Waals surface area contributed by atoms with Crippen molar-refractivity contribution in [2.45, 2.75) is 31.6 Å². The fourth-order valence-electron chi connectivity index (χ4n) is 1.41. The highest BCUT2D eigenvalue weighted by Gasteiger charge is 2.19. The zero-order valence-corrected chi connectivity index (χ0v) is 11.1. The molecule has 7 nitrogen and oxygen atoms in total. The fraction of sp³-hybridized carbons (Fsp3) is 0.600. The quantitative estimate of drug-likeness (QED) is 0.670. The molecule has 1 atom stereocenters. The van der Waals surface area contributed by atoms with Gasteiger partial charge in [-0.25, -0.2) is 13.1 Å². The minimum absolute atomic E-state index is 0.0353. The average molecular weight is 275 g/mol. The second-order valence-electron chi connectivity index (χ2n) is 4.25. The van der Waals surface area contributed by atoms with Gasteiger partial charge in [0.1, 0.15) is 4.90 Å². The first kappa shape index (κ1) is 14.7. The van der Waals surface area contributed by atoms with Crippen LogP contribution in [0.4, 0.5) is 0 Å². The number of aromatic nitrogens is 2. The molecule has 1 aromatic rings. The number of carboxylic acid groups (broad SMARTS) is 1. The lowest BCUT2D eigenvalue weighted by molar-refractivity contribution is -0.137. The predicted molar refractivity (Wildman–Crippen MR) is 64.5 cm³/mol. The zero-order valence-electron chi connectivity index (χ0n) is 10.3. The second kappa shape index (κ2) is 5.96. The first-order chi connectivity index (χ1) is 8.33. The standard InChI is InChI=1S/C10H17N3O4S/c1-7(3-4-10(14)15)5-12-18(16,17)9-6-11-13-8(9)2/h6-7,12H,3-5H2,1-2H3,(H,11,13)(H,14,15). The van der Waals surface area contributed by atoms with Crippen LogP contribution in [0.1, 0.15) is 25.5 Å². The lowest BCUT2D eigenvalue weighted by Gasteiger charge is -2.11. The van der Waals surface area contributed by atoms with Crippen molar-refractivity contribution >= 4 is 16.0 Å². The van der Waals surface area contributed by atoms with E-state index in [2.05, 4.69) is 14.9 Å². The van der Waals surface area contributed by atoms with Gasteiger partial charge in [-0.2, -0.15) is 5.10 Å². The lowest BCUT2D eigenvalue weighted by atomic mass is 10.1. The molecule has 1 unspecified atom stereocenters. The van der Waals surface area contributed by atoms with Gasteiger partial charge in [-0.15, -0.1) is 0 Å². The summed E-state index contributed by atoms with van der Waals surface area (Å²) in [5.74, 6) is -0.918. The number of aliphatic carboxylic acids is 1. The molecule has 1 aromatic heterocycles. The molecule has 0 saturated heterocycles. The van der Waals surface area contributed by atoms with E-state index in [4.69, 9.17) is 5.11 Å². The van der Waals surface area contributed by atoms with Crippen LogP contribution in [-0.2, 0) is 14.8 Å². The van der Waals surface area contributed by atoms with Crippen molar-refractivity contribution in [3.05, 3.63) is 11.9 Å². The molecule has 0 aliphatic rings. The van der Waals surface area contributed by atoms with Crippen LogP contribution >= 0.6 is 0 Å². The van der Waals surface area contributed by atoms with Gasteiger partial charge in [0.2, 0.25) is 10.0 Å².